The summed E-state index contributed by atoms with van der Waals surface area (Å²) in [6.45, 7) is 0. The molecule has 0 saturated heterocycles. The minimum Gasteiger partial charge on any atom is -0.310 e. The van der Waals surface area contributed by atoms with Gasteiger partial charge in [-0.05, 0) is 104 Å². The standard InChI is InChI=1S/C52H35NS/c1-3-11-38(12-4-1)53(39-13-5-2-6-14-39)40-27-30-42-41-28-23-35(31-49(41)54-50(42)33-40)20-19-34-21-24-36(25-22-34)37-26-29-47-48(32-37)52-45-17-9-7-15-43(45)51(47)44-16-8-10-18-46(44)52/h1-33,51-52H/b20-19+. The number of benzene rings is 8. The maximum atomic E-state index is 2.45. The summed E-state index contributed by atoms with van der Waals surface area (Å²) in [6.07, 6.45) is 4.47. The molecule has 8 aromatic carbocycles. The Balaban J connectivity index is 0.866. The van der Waals surface area contributed by atoms with Crippen molar-refractivity contribution in [2.24, 2.45) is 0 Å². The van der Waals surface area contributed by atoms with Crippen LogP contribution in [0.25, 0.3) is 43.5 Å². The van der Waals surface area contributed by atoms with Gasteiger partial charge < -0.3 is 4.90 Å². The van der Waals surface area contributed by atoms with E-state index in [2.05, 4.69) is 205 Å². The maximum absolute atomic E-state index is 2.45. The van der Waals surface area contributed by atoms with Crippen molar-refractivity contribution in [3.8, 4) is 11.1 Å². The van der Waals surface area contributed by atoms with Crippen LogP contribution >= 0.6 is 11.3 Å². The lowest BCUT2D eigenvalue weighted by Crippen LogP contribution is -2.27. The second kappa shape index (κ2) is 12.6. The van der Waals surface area contributed by atoms with Gasteiger partial charge in [0.05, 0.1) is 0 Å². The van der Waals surface area contributed by atoms with E-state index in [4.69, 9.17) is 0 Å². The molecule has 0 spiro atoms. The largest absolute Gasteiger partial charge is 0.310 e. The van der Waals surface area contributed by atoms with Gasteiger partial charge in [0.1, 0.15) is 0 Å². The van der Waals surface area contributed by atoms with Gasteiger partial charge in [-0.15, -0.1) is 11.3 Å². The van der Waals surface area contributed by atoms with Gasteiger partial charge in [0.25, 0.3) is 0 Å². The van der Waals surface area contributed by atoms with Gasteiger partial charge in [0, 0.05) is 49.1 Å². The molecule has 254 valence electrons. The van der Waals surface area contributed by atoms with E-state index in [1.54, 1.807) is 0 Å². The molecule has 0 aliphatic heterocycles. The van der Waals surface area contributed by atoms with Crippen LogP contribution in [-0.4, -0.2) is 0 Å². The Kier molecular flexibility index (Phi) is 7.24. The molecule has 3 aliphatic carbocycles. The predicted octanol–water partition coefficient (Wildman–Crippen LogP) is 14.3. The van der Waals surface area contributed by atoms with Gasteiger partial charge in [-0.3, -0.25) is 0 Å². The van der Waals surface area contributed by atoms with Gasteiger partial charge >= 0.3 is 0 Å². The Bertz CT molecular complexity index is 2800. The first-order valence-electron chi connectivity index (χ1n) is 18.7. The van der Waals surface area contributed by atoms with Crippen molar-refractivity contribution in [1.82, 2.24) is 0 Å². The fraction of sp³-hybridized carbons (Fsp3) is 0.0385. The second-order valence-electron chi connectivity index (χ2n) is 14.5. The third-order valence-electron chi connectivity index (χ3n) is 11.4. The smallest absolute Gasteiger partial charge is 0.0476 e. The Labute approximate surface area is 319 Å². The van der Waals surface area contributed by atoms with E-state index in [0.29, 0.717) is 5.92 Å². The minimum absolute atomic E-state index is 0.290. The van der Waals surface area contributed by atoms with Gasteiger partial charge in [0.15, 0.2) is 0 Å². The molecule has 1 nitrogen and oxygen atoms in total. The minimum atomic E-state index is 0.290. The van der Waals surface area contributed by atoms with Crippen molar-refractivity contribution in [3.63, 3.8) is 0 Å². The molecule has 54 heavy (non-hydrogen) atoms. The van der Waals surface area contributed by atoms with Gasteiger partial charge in [-0.2, -0.15) is 0 Å². The zero-order valence-electron chi connectivity index (χ0n) is 29.6. The first kappa shape index (κ1) is 31.1. The summed E-state index contributed by atoms with van der Waals surface area (Å²) in [6, 6.07) is 69.2. The molecule has 3 aliphatic rings. The third kappa shape index (κ3) is 5.06. The lowest BCUT2D eigenvalue weighted by atomic mass is 9.61. The predicted molar refractivity (Wildman–Crippen MR) is 230 cm³/mol. The maximum Gasteiger partial charge on any atom is 0.0476 e. The lowest BCUT2D eigenvalue weighted by Gasteiger charge is -2.42. The fourth-order valence-corrected chi connectivity index (χ4v) is 10.1. The summed E-state index contributed by atoms with van der Waals surface area (Å²) in [5, 5.41) is 2.61. The third-order valence-corrected chi connectivity index (χ3v) is 12.5. The topological polar surface area (TPSA) is 3.24 Å². The monoisotopic (exact) mass is 705 g/mol. The van der Waals surface area contributed by atoms with Crippen LogP contribution in [0.1, 0.15) is 56.3 Å². The van der Waals surface area contributed by atoms with E-state index in [1.807, 2.05) is 11.3 Å². The highest BCUT2D eigenvalue weighted by Gasteiger charge is 2.40. The summed E-state index contributed by atoms with van der Waals surface area (Å²) in [7, 11) is 0. The highest BCUT2D eigenvalue weighted by molar-refractivity contribution is 7.25. The number of anilines is 3. The second-order valence-corrected chi connectivity index (χ2v) is 15.6. The molecule has 0 radical (unpaired) electrons. The summed E-state index contributed by atoms with van der Waals surface area (Å²) in [5.41, 5.74) is 17.2. The van der Waals surface area contributed by atoms with Crippen molar-refractivity contribution in [2.45, 2.75) is 11.8 Å². The van der Waals surface area contributed by atoms with Gasteiger partial charge in [-0.25, -0.2) is 0 Å². The molecular weight excluding hydrogens is 671 g/mol. The van der Waals surface area contributed by atoms with E-state index in [0.717, 1.165) is 17.1 Å². The molecular formula is C52H35NS. The average molecular weight is 706 g/mol. The van der Waals surface area contributed by atoms with E-state index in [9.17, 15) is 0 Å². The van der Waals surface area contributed by atoms with Gasteiger partial charge in [-0.1, -0.05) is 152 Å². The van der Waals surface area contributed by atoms with Crippen LogP contribution < -0.4 is 4.90 Å². The Morgan fingerprint density at radius 1 is 0.352 bits per heavy atom. The molecule has 0 atom stereocenters. The van der Waals surface area contributed by atoms with E-state index < -0.39 is 0 Å². The molecule has 0 unspecified atom stereocenters. The van der Waals surface area contributed by atoms with E-state index in [1.165, 1.54) is 75.8 Å². The van der Waals surface area contributed by atoms with E-state index in [-0.39, 0.29) is 5.92 Å². The summed E-state index contributed by atoms with van der Waals surface area (Å²) in [4.78, 5) is 2.33. The van der Waals surface area contributed by atoms with Crippen LogP contribution in [-0.2, 0) is 0 Å². The fourth-order valence-electron chi connectivity index (χ4n) is 8.95. The zero-order chi connectivity index (χ0) is 35.6. The number of fused-ring (bicyclic) bond motifs is 3. The Morgan fingerprint density at radius 2 is 0.833 bits per heavy atom. The highest BCUT2D eigenvalue weighted by atomic mass is 32.1. The molecule has 9 aromatic rings. The number of nitrogens with zero attached hydrogens (tertiary/aromatic N) is 1. The van der Waals surface area contributed by atoms with Crippen LogP contribution in [0.4, 0.5) is 17.1 Å². The van der Waals surface area contributed by atoms with Crippen LogP contribution in [0.15, 0.2) is 188 Å². The lowest BCUT2D eigenvalue weighted by molar-refractivity contribution is 0.755. The molecule has 0 fully saturated rings. The quantitative estimate of drug-likeness (QED) is 0.156. The van der Waals surface area contributed by atoms with Crippen molar-refractivity contribution in [2.75, 3.05) is 4.90 Å². The van der Waals surface area contributed by atoms with Gasteiger partial charge in [0.2, 0.25) is 0 Å². The highest BCUT2D eigenvalue weighted by Crippen LogP contribution is 2.56. The van der Waals surface area contributed by atoms with Crippen LogP contribution in [0, 0.1) is 0 Å². The summed E-state index contributed by atoms with van der Waals surface area (Å²) >= 11 is 1.87. The number of para-hydroxylation sites is 2. The Hall–Kier alpha value is -6.48. The number of hydrogen-bond acceptors (Lipinski definition) is 2. The molecule has 2 heteroatoms. The summed E-state index contributed by atoms with van der Waals surface area (Å²) < 4.78 is 2.59. The average Bonchev–Trinajstić information content (AvgIpc) is 3.61. The Morgan fingerprint density at radius 3 is 1.46 bits per heavy atom. The van der Waals surface area contributed by atoms with Crippen LogP contribution in [0.5, 0.6) is 0 Å². The molecule has 1 aromatic heterocycles. The molecule has 0 saturated carbocycles. The normalized spacial score (nSPS) is 15.3. The van der Waals surface area contributed by atoms with Crippen molar-refractivity contribution >= 4 is 60.7 Å². The molecule has 1 heterocycles. The molecule has 2 bridgehead atoms. The van der Waals surface area contributed by atoms with E-state index >= 15 is 0 Å². The number of thiophene rings is 1. The molecule has 0 N–H and O–H groups in total. The van der Waals surface area contributed by atoms with Crippen LogP contribution in [0.3, 0.4) is 0 Å². The van der Waals surface area contributed by atoms with Crippen molar-refractivity contribution in [3.05, 3.63) is 233 Å². The number of hydrogen-bond donors (Lipinski definition) is 0. The van der Waals surface area contributed by atoms with Crippen LogP contribution in [0.2, 0.25) is 0 Å². The SMILES string of the molecule is C(=C\c1ccc2c(c1)sc1cc(N(c3ccccc3)c3ccccc3)ccc12)/c1ccc(-c2ccc3c(c2)C2c4ccccc4C3c3ccccc32)cc1. The first-order chi connectivity index (χ1) is 26.8. The van der Waals surface area contributed by atoms with Crippen molar-refractivity contribution < 1.29 is 0 Å². The van der Waals surface area contributed by atoms with Crippen molar-refractivity contribution in [1.29, 1.82) is 0 Å². The molecule has 12 rings (SSSR count). The number of rotatable bonds is 6. The first-order valence-corrected chi connectivity index (χ1v) is 19.5. The summed E-state index contributed by atoms with van der Waals surface area (Å²) in [5.74, 6) is 0.603. The zero-order valence-corrected chi connectivity index (χ0v) is 30.4. The molecule has 0 amide bonds.